The minimum Gasteiger partial charge on any atom is -0.497 e. The van der Waals surface area contributed by atoms with Crippen LogP contribution in [0.5, 0.6) is 11.6 Å². The Morgan fingerprint density at radius 1 is 1.03 bits per heavy atom. The quantitative estimate of drug-likeness (QED) is 0.151. The van der Waals surface area contributed by atoms with Crippen molar-refractivity contribution in [2.45, 2.75) is 153 Å². The molecule has 1 saturated heterocycles. The van der Waals surface area contributed by atoms with E-state index in [2.05, 4.69) is 11.6 Å². The molecule has 59 heavy (non-hydrogen) atoms. The van der Waals surface area contributed by atoms with Gasteiger partial charge in [0.15, 0.2) is 5.78 Å². The Kier molecular flexibility index (Phi) is 13.2. The Bertz CT molecular complexity index is 2110. The normalized spacial score (nSPS) is 29.4. The zero-order chi connectivity index (χ0) is 41.9. The number of hydrogen-bond acceptors (Lipinski definition) is 11. The summed E-state index contributed by atoms with van der Waals surface area (Å²) >= 11 is 0. The summed E-state index contributed by atoms with van der Waals surface area (Å²) in [7, 11) is -2.33. The van der Waals surface area contributed by atoms with E-state index in [9.17, 15) is 32.4 Å². The van der Waals surface area contributed by atoms with Gasteiger partial charge in [0.1, 0.15) is 23.6 Å². The molecular weight excluding hydrogens is 777 g/mol. The summed E-state index contributed by atoms with van der Waals surface area (Å²) in [5.74, 6) is -1.96. The molecular formula is C44H60N4O10S. The number of ketones is 1. The third-order valence-electron chi connectivity index (χ3n) is 13.4. The van der Waals surface area contributed by atoms with E-state index in [1.54, 1.807) is 18.3 Å². The first kappa shape index (κ1) is 42.8. The average Bonchev–Trinajstić information content (AvgIpc) is 4.11. The molecule has 1 N–H and O–H groups in total. The Morgan fingerprint density at radius 3 is 2.58 bits per heavy atom. The average molecular weight is 837 g/mol. The molecule has 2 aliphatic heterocycles. The van der Waals surface area contributed by atoms with Gasteiger partial charge in [-0.2, -0.15) is 4.98 Å². The first-order valence-electron chi connectivity index (χ1n) is 21.9. The molecule has 0 aromatic carbocycles. The molecule has 2 aromatic rings. The maximum atomic E-state index is 14.9. The summed E-state index contributed by atoms with van der Waals surface area (Å²) in [5.41, 5.74) is -0.879. The number of carbonyl (C=O) groups excluding carboxylic acids is 4. The fourth-order valence-electron chi connectivity index (χ4n) is 9.64. The molecule has 0 unspecified atom stereocenters. The number of fused-ring (bicyclic) bond motifs is 5. The molecule has 3 saturated carbocycles. The summed E-state index contributed by atoms with van der Waals surface area (Å²) in [6, 6.07) is 2.30. The molecule has 3 aliphatic carbocycles. The van der Waals surface area contributed by atoms with Gasteiger partial charge in [0.05, 0.1) is 42.3 Å². The van der Waals surface area contributed by atoms with Crippen LogP contribution in [-0.2, 0) is 40.4 Å². The third-order valence-corrected chi connectivity index (χ3v) is 15.2. The van der Waals surface area contributed by atoms with Crippen LogP contribution in [-0.4, -0.2) is 83.4 Å². The van der Waals surface area contributed by atoms with Crippen LogP contribution in [0.3, 0.4) is 0 Å². The number of amides is 2. The lowest BCUT2D eigenvalue weighted by Crippen LogP contribution is -2.46. The molecule has 2 bridgehead atoms. The van der Waals surface area contributed by atoms with Gasteiger partial charge in [-0.15, -0.1) is 0 Å². The van der Waals surface area contributed by atoms with Crippen LogP contribution in [0.25, 0.3) is 5.65 Å². The van der Waals surface area contributed by atoms with Crippen molar-refractivity contribution >= 4 is 39.2 Å². The Labute approximate surface area is 346 Å². The molecule has 5 aliphatic rings. The van der Waals surface area contributed by atoms with Gasteiger partial charge in [-0.3, -0.25) is 33.1 Å². The minimum absolute atomic E-state index is 0.0126. The lowest BCUT2D eigenvalue weighted by Gasteiger charge is -2.29. The van der Waals surface area contributed by atoms with E-state index >= 15 is 0 Å². The van der Waals surface area contributed by atoms with Crippen molar-refractivity contribution in [2.75, 3.05) is 13.7 Å². The molecule has 15 heteroatoms. The van der Waals surface area contributed by atoms with Crippen LogP contribution in [0.4, 0.5) is 0 Å². The number of Topliss-reactive ketones (excluding diaryl/α,β-unsaturated/α-hetero) is 1. The highest BCUT2D eigenvalue weighted by molar-refractivity contribution is 7.90. The number of carbonyl (C=O) groups is 4. The van der Waals surface area contributed by atoms with Crippen LogP contribution in [0.15, 0.2) is 35.3 Å². The molecule has 322 valence electrons. The van der Waals surface area contributed by atoms with Crippen LogP contribution in [0.1, 0.15) is 129 Å². The highest BCUT2D eigenvalue weighted by Gasteiger charge is 2.61. The first-order chi connectivity index (χ1) is 28.4. The molecule has 4 heterocycles. The van der Waals surface area contributed by atoms with Crippen molar-refractivity contribution in [3.63, 3.8) is 0 Å². The van der Waals surface area contributed by atoms with E-state index in [1.165, 1.54) is 16.4 Å². The molecule has 14 nitrogen and oxygen atoms in total. The summed E-state index contributed by atoms with van der Waals surface area (Å²) in [4.78, 5) is 77.3. The summed E-state index contributed by atoms with van der Waals surface area (Å²) < 4.78 is 47.6. The molecule has 7 rings (SSSR count). The van der Waals surface area contributed by atoms with E-state index in [1.807, 2.05) is 19.1 Å². The molecule has 2 aromatic heterocycles. The summed E-state index contributed by atoms with van der Waals surface area (Å²) in [5, 5.41) is -0.601. The van der Waals surface area contributed by atoms with Crippen molar-refractivity contribution in [2.24, 2.45) is 23.2 Å². The van der Waals surface area contributed by atoms with Crippen LogP contribution < -0.4 is 19.8 Å². The number of nitrogens with zero attached hydrogens (tertiary/aromatic N) is 3. The van der Waals surface area contributed by atoms with Crippen molar-refractivity contribution in [3.8, 4) is 11.6 Å². The van der Waals surface area contributed by atoms with Gasteiger partial charge in [0, 0.05) is 37.4 Å². The number of allylic oxidation sites excluding steroid dienone is 2. The van der Waals surface area contributed by atoms with Crippen molar-refractivity contribution in [3.05, 3.63) is 46.4 Å². The predicted octanol–water partition coefficient (Wildman–Crippen LogP) is 5.62. The van der Waals surface area contributed by atoms with Gasteiger partial charge < -0.3 is 19.1 Å². The SMILES string of the molecule is CCCCCC[C@@H]1CC(=O)O[C@@H]2CCC[C@H]2CC/C=C/Cc2c(nc3cc(OC)ccn3c2=O)O[C@@H]2C[C@@H](C(=O)C[C@]3(C(=O)NS(=O)(=O)C4CC4)C[C@H]3CC)N(C2)C1=O. The van der Waals surface area contributed by atoms with Crippen molar-refractivity contribution in [1.82, 2.24) is 19.0 Å². The second kappa shape index (κ2) is 18.1. The Balaban J connectivity index is 1.24. The van der Waals surface area contributed by atoms with E-state index in [0.29, 0.717) is 49.1 Å². The fraction of sp³-hybridized carbons (Fsp3) is 0.682. The number of sulfonamides is 1. The van der Waals surface area contributed by atoms with Crippen LogP contribution in [0, 0.1) is 23.2 Å². The van der Waals surface area contributed by atoms with Gasteiger partial charge in [0.2, 0.25) is 27.7 Å². The van der Waals surface area contributed by atoms with Gasteiger partial charge in [-0.25, -0.2) is 8.42 Å². The number of esters is 1. The summed E-state index contributed by atoms with van der Waals surface area (Å²) in [6.07, 6.45) is 14.7. The topological polar surface area (TPSA) is 180 Å². The van der Waals surface area contributed by atoms with E-state index in [0.717, 1.165) is 57.8 Å². The number of aromatic nitrogens is 2. The fourth-order valence-corrected chi connectivity index (χ4v) is 11.0. The smallest absolute Gasteiger partial charge is 0.306 e. The number of hydrogen-bond donors (Lipinski definition) is 1. The Morgan fingerprint density at radius 2 is 1.85 bits per heavy atom. The lowest BCUT2D eigenvalue weighted by molar-refractivity contribution is -0.155. The van der Waals surface area contributed by atoms with Crippen molar-refractivity contribution in [1.29, 1.82) is 0 Å². The number of unbranched alkanes of at least 4 members (excludes halogenated alkanes) is 3. The monoisotopic (exact) mass is 836 g/mol. The molecule has 2 amide bonds. The number of ether oxygens (including phenoxy) is 3. The number of nitrogens with one attached hydrogen (secondary N) is 1. The zero-order valence-electron chi connectivity index (χ0n) is 34.7. The second-order valence-corrected chi connectivity index (χ2v) is 19.4. The van der Waals surface area contributed by atoms with E-state index < -0.39 is 50.6 Å². The first-order valence-corrected chi connectivity index (χ1v) is 23.4. The largest absolute Gasteiger partial charge is 0.497 e. The number of rotatable bonds is 13. The van der Waals surface area contributed by atoms with Gasteiger partial charge >= 0.3 is 5.97 Å². The predicted molar refractivity (Wildman–Crippen MR) is 219 cm³/mol. The maximum Gasteiger partial charge on any atom is 0.306 e. The lowest BCUT2D eigenvalue weighted by atomic mass is 9.90. The van der Waals surface area contributed by atoms with Crippen molar-refractivity contribution < 1.29 is 41.8 Å². The summed E-state index contributed by atoms with van der Waals surface area (Å²) in [6.45, 7) is 4.00. The van der Waals surface area contributed by atoms with E-state index in [-0.39, 0.29) is 73.3 Å². The molecule has 4 fully saturated rings. The maximum absolute atomic E-state index is 14.9. The van der Waals surface area contributed by atoms with Gasteiger partial charge in [0.25, 0.3) is 5.56 Å². The van der Waals surface area contributed by atoms with Crippen LogP contribution in [0.2, 0.25) is 0 Å². The van der Waals surface area contributed by atoms with E-state index in [4.69, 9.17) is 19.2 Å². The number of methoxy groups -OCH3 is 1. The molecule has 7 atom stereocenters. The molecule has 0 radical (unpaired) electrons. The van der Waals surface area contributed by atoms with Gasteiger partial charge in [-0.1, -0.05) is 58.1 Å². The highest BCUT2D eigenvalue weighted by atomic mass is 32.2. The van der Waals surface area contributed by atoms with Crippen LogP contribution >= 0.6 is 0 Å². The minimum atomic E-state index is -3.85. The van der Waals surface area contributed by atoms with Gasteiger partial charge in [-0.05, 0) is 75.7 Å². The standard InChI is InChI=1S/C44H60N4O10S/c1-4-6-7-9-14-29-22-39(50)58-37-17-12-15-28(37)13-10-8-11-16-34-40(45-38-24-31(56-3)20-21-47(38)42(34)52)57-32-23-35(48(27-32)41(29)51)36(49)26-44(25-30(44)5-2)43(53)46-59(54,55)33-18-19-33/h8,11,20-21,24,28-30,32-33,35,37H,4-7,9-10,12-19,22-23,25-27H2,1-3H3,(H,46,53)/b11-8+/t28-,29-,30-,32-,35+,37-,44-/m1/s1. The second-order valence-electron chi connectivity index (χ2n) is 17.5. The zero-order valence-corrected chi connectivity index (χ0v) is 35.5. The Hall–Kier alpha value is -4.27. The highest BCUT2D eigenvalue weighted by Crippen LogP contribution is 2.58. The molecule has 0 spiro atoms. The third kappa shape index (κ3) is 9.55. The number of pyridine rings is 1.